The van der Waals surface area contributed by atoms with Crippen molar-refractivity contribution >= 4 is 49.7 Å². The van der Waals surface area contributed by atoms with E-state index in [1.807, 2.05) is 68.4 Å². The van der Waals surface area contributed by atoms with Crippen LogP contribution in [-0.4, -0.2) is 57.0 Å². The average molecular weight is 674 g/mol. The molecule has 0 spiro atoms. The van der Waals surface area contributed by atoms with Crippen LogP contribution in [0.2, 0.25) is 0 Å². The summed E-state index contributed by atoms with van der Waals surface area (Å²) in [5, 5.41) is 18.3. The van der Waals surface area contributed by atoms with Gasteiger partial charge in [0, 0.05) is 85.4 Å². The molecule has 1 aliphatic rings. The second-order valence-electron chi connectivity index (χ2n) is 11.8. The number of phenolic OH excluding ortho intramolecular Hbond substituents is 1. The highest BCUT2D eigenvalue weighted by Crippen LogP contribution is 2.44. The third-order valence-corrected chi connectivity index (χ3v) is 10.2. The van der Waals surface area contributed by atoms with Gasteiger partial charge in [-0.3, -0.25) is 4.79 Å². The zero-order valence-corrected chi connectivity index (χ0v) is 27.8. The lowest BCUT2D eigenvalue weighted by Crippen LogP contribution is -2.30. The van der Waals surface area contributed by atoms with E-state index in [4.69, 9.17) is 16.0 Å². The molecule has 2 unspecified atom stereocenters. The maximum Gasteiger partial charge on any atom is 0.240 e. The van der Waals surface area contributed by atoms with Crippen molar-refractivity contribution in [3.05, 3.63) is 90.1 Å². The van der Waals surface area contributed by atoms with Gasteiger partial charge in [0.2, 0.25) is 21.8 Å². The number of phenols is 1. The number of carbonyl (C=O) groups excluding carboxylic acids is 1. The molecule has 0 fully saturated rings. The maximum absolute atomic E-state index is 12.9. The molecule has 0 saturated heterocycles. The Bertz CT molecular complexity index is 2030. The molecule has 2 heterocycles. The average Bonchev–Trinajstić information content (AvgIpc) is 3.72. The number of nitrogens with one attached hydrogen (secondary N) is 3. The fourth-order valence-corrected chi connectivity index (χ4v) is 7.00. The molecule has 0 saturated carbocycles. The summed E-state index contributed by atoms with van der Waals surface area (Å²) in [6.07, 6.45) is 1.60. The van der Waals surface area contributed by atoms with Gasteiger partial charge in [-0.05, 0) is 78.0 Å². The number of anilines is 2. The van der Waals surface area contributed by atoms with Crippen LogP contribution in [0.3, 0.4) is 0 Å². The molecule has 1 amide bonds. The molecule has 0 radical (unpaired) electrons. The minimum Gasteiger partial charge on any atom is -0.507 e. The predicted molar refractivity (Wildman–Crippen MR) is 186 cm³/mol. The van der Waals surface area contributed by atoms with Crippen LogP contribution in [0.1, 0.15) is 30.4 Å². The Hall–Kier alpha value is -4.58. The first kappa shape index (κ1) is 32.4. The first-order valence-corrected chi connectivity index (χ1v) is 17.2. The van der Waals surface area contributed by atoms with Crippen LogP contribution < -0.4 is 20.3 Å². The van der Waals surface area contributed by atoms with Gasteiger partial charge < -0.3 is 25.1 Å². The van der Waals surface area contributed by atoms with Gasteiger partial charge in [0.1, 0.15) is 5.75 Å². The van der Waals surface area contributed by atoms with Crippen molar-refractivity contribution in [2.45, 2.75) is 36.1 Å². The standard InChI is InChI=1S/C35H36ClN5O5S/c1-21(36)29-19-37-30-17-31(42)28-16-22(4-13-27(28)34(29)30)18-38-33(43)14-15-40-47(44,45)26-11-7-24(8-12-26)35-39-20-32(46-35)23-5-9-25(10-6-23)41(2)3/h4-13,16-17,20-21,29,37,40,42H,14-15,18-19H2,1-3H3,(H,38,43). The summed E-state index contributed by atoms with van der Waals surface area (Å²) in [4.78, 5) is 19.0. The fraction of sp³-hybridized carbons (Fsp3) is 0.257. The molecular formula is C35H36ClN5O5S. The monoisotopic (exact) mass is 673 g/mol. The number of oxazole rings is 1. The third kappa shape index (κ3) is 6.92. The quantitative estimate of drug-likeness (QED) is 0.124. The van der Waals surface area contributed by atoms with Crippen molar-refractivity contribution in [2.24, 2.45) is 0 Å². The first-order valence-electron chi connectivity index (χ1n) is 15.3. The molecule has 47 heavy (non-hydrogen) atoms. The Balaban J connectivity index is 1.02. The van der Waals surface area contributed by atoms with Gasteiger partial charge in [0.25, 0.3) is 0 Å². The minimum absolute atomic E-state index is 0.0424. The maximum atomic E-state index is 12.9. The summed E-state index contributed by atoms with van der Waals surface area (Å²) in [6.45, 7) is 2.84. The van der Waals surface area contributed by atoms with Crippen LogP contribution in [0.25, 0.3) is 33.6 Å². The van der Waals surface area contributed by atoms with E-state index in [1.165, 1.54) is 12.1 Å². The zero-order valence-electron chi connectivity index (χ0n) is 26.2. The zero-order chi connectivity index (χ0) is 33.3. The van der Waals surface area contributed by atoms with Gasteiger partial charge >= 0.3 is 0 Å². The van der Waals surface area contributed by atoms with E-state index < -0.39 is 10.0 Å². The van der Waals surface area contributed by atoms with Crippen LogP contribution in [0, 0.1) is 0 Å². The number of amides is 1. The number of aromatic hydroxyl groups is 1. The summed E-state index contributed by atoms with van der Waals surface area (Å²) >= 11 is 6.43. The first-order chi connectivity index (χ1) is 22.5. The predicted octanol–water partition coefficient (Wildman–Crippen LogP) is 6.05. The topological polar surface area (TPSA) is 137 Å². The molecule has 0 bridgehead atoms. The van der Waals surface area contributed by atoms with Gasteiger partial charge in [0.05, 0.1) is 11.1 Å². The second kappa shape index (κ2) is 13.3. The van der Waals surface area contributed by atoms with Crippen LogP contribution in [0.5, 0.6) is 5.75 Å². The van der Waals surface area contributed by atoms with Gasteiger partial charge in [0.15, 0.2) is 5.76 Å². The minimum atomic E-state index is -3.84. The number of rotatable bonds is 11. The third-order valence-electron chi connectivity index (χ3n) is 8.38. The molecule has 0 aliphatic carbocycles. The van der Waals surface area contributed by atoms with E-state index >= 15 is 0 Å². The van der Waals surface area contributed by atoms with Crippen LogP contribution in [0.4, 0.5) is 11.4 Å². The normalized spacial score (nSPS) is 14.9. The Kier molecular flexibility index (Phi) is 9.14. The Labute approximate surface area is 278 Å². The summed E-state index contributed by atoms with van der Waals surface area (Å²) in [5.41, 5.74) is 5.37. The molecule has 6 rings (SSSR count). The Morgan fingerprint density at radius 2 is 1.79 bits per heavy atom. The highest BCUT2D eigenvalue weighted by molar-refractivity contribution is 7.89. The lowest BCUT2D eigenvalue weighted by molar-refractivity contribution is -0.121. The van der Waals surface area contributed by atoms with Crippen LogP contribution >= 0.6 is 11.6 Å². The number of fused-ring (bicyclic) bond motifs is 3. The number of aromatic nitrogens is 1. The van der Waals surface area contributed by atoms with E-state index in [-0.39, 0.29) is 47.4 Å². The van der Waals surface area contributed by atoms with Gasteiger partial charge in [-0.2, -0.15) is 0 Å². The summed E-state index contributed by atoms with van der Waals surface area (Å²) in [6, 6.07) is 21.5. The molecule has 10 nitrogen and oxygen atoms in total. The number of nitrogens with zero attached hydrogens (tertiary/aromatic N) is 2. The van der Waals surface area contributed by atoms with Crippen molar-refractivity contribution < 1.29 is 22.7 Å². The van der Waals surface area contributed by atoms with E-state index in [0.717, 1.165) is 33.5 Å². The molecule has 2 atom stereocenters. The molecular weight excluding hydrogens is 638 g/mol. The molecule has 4 aromatic carbocycles. The van der Waals surface area contributed by atoms with Crippen LogP contribution in [0.15, 0.2) is 88.3 Å². The number of benzene rings is 4. The van der Waals surface area contributed by atoms with Crippen molar-refractivity contribution in [1.29, 1.82) is 0 Å². The van der Waals surface area contributed by atoms with Crippen molar-refractivity contribution in [3.8, 4) is 28.5 Å². The van der Waals surface area contributed by atoms with Gasteiger partial charge in [-0.1, -0.05) is 12.1 Å². The van der Waals surface area contributed by atoms with Gasteiger partial charge in [-0.25, -0.2) is 18.1 Å². The number of alkyl halides is 1. The number of sulfonamides is 1. The smallest absolute Gasteiger partial charge is 0.240 e. The van der Waals surface area contributed by atoms with Crippen molar-refractivity contribution in [1.82, 2.24) is 15.0 Å². The summed E-state index contributed by atoms with van der Waals surface area (Å²) in [7, 11) is 0.102. The fourth-order valence-electron chi connectivity index (χ4n) is 5.76. The Morgan fingerprint density at radius 1 is 1.06 bits per heavy atom. The lowest BCUT2D eigenvalue weighted by atomic mass is 9.91. The van der Waals surface area contributed by atoms with Gasteiger partial charge in [-0.15, -0.1) is 11.6 Å². The van der Waals surface area contributed by atoms with Crippen molar-refractivity contribution in [2.75, 3.05) is 37.4 Å². The molecule has 12 heteroatoms. The van der Waals surface area contributed by atoms with Crippen LogP contribution in [-0.2, 0) is 21.4 Å². The lowest BCUT2D eigenvalue weighted by Gasteiger charge is -2.16. The number of halogens is 1. The van der Waals surface area contributed by atoms with Crippen molar-refractivity contribution in [3.63, 3.8) is 0 Å². The molecule has 1 aromatic heterocycles. The van der Waals surface area contributed by atoms with E-state index in [2.05, 4.69) is 20.3 Å². The highest BCUT2D eigenvalue weighted by atomic mass is 35.5. The van der Waals surface area contributed by atoms with E-state index in [0.29, 0.717) is 29.1 Å². The largest absolute Gasteiger partial charge is 0.507 e. The SMILES string of the molecule is CC(Cl)C1CNc2cc(O)c3cc(CNC(=O)CCNS(=O)(=O)c4ccc(-c5ncc(-c6ccc(N(C)C)cc6)o5)cc4)ccc3c21. The summed E-state index contributed by atoms with van der Waals surface area (Å²) < 4.78 is 34.2. The molecule has 4 N–H and O–H groups in total. The highest BCUT2D eigenvalue weighted by Gasteiger charge is 2.29. The Morgan fingerprint density at radius 3 is 2.49 bits per heavy atom. The molecule has 5 aromatic rings. The summed E-state index contributed by atoms with van der Waals surface area (Å²) in [5.74, 6) is 0.956. The number of hydrogen-bond acceptors (Lipinski definition) is 8. The van der Waals surface area contributed by atoms with E-state index in [9.17, 15) is 18.3 Å². The number of hydrogen-bond donors (Lipinski definition) is 4. The number of carbonyl (C=O) groups is 1. The van der Waals surface area contributed by atoms with E-state index in [1.54, 1.807) is 24.4 Å². The molecule has 244 valence electrons. The molecule has 1 aliphatic heterocycles. The second-order valence-corrected chi connectivity index (χ2v) is 14.3.